The average molecular weight is 449 g/mol. The maximum Gasteiger partial charge on any atom is 0.227 e. The highest BCUT2D eigenvalue weighted by Gasteiger charge is 2.25. The van der Waals surface area contributed by atoms with Crippen LogP contribution in [0.4, 0.5) is 5.69 Å². The molecule has 2 heterocycles. The van der Waals surface area contributed by atoms with E-state index in [9.17, 15) is 13.2 Å². The Bertz CT molecular complexity index is 962. The zero-order valence-electron chi connectivity index (χ0n) is 17.1. The van der Waals surface area contributed by atoms with Crippen LogP contribution in [-0.4, -0.2) is 43.8 Å². The van der Waals surface area contributed by atoms with Crippen molar-refractivity contribution in [3.05, 3.63) is 58.6 Å². The van der Waals surface area contributed by atoms with Crippen LogP contribution in [0.25, 0.3) is 0 Å². The van der Waals surface area contributed by atoms with Gasteiger partial charge in [-0.3, -0.25) is 9.69 Å². The Morgan fingerprint density at radius 1 is 1.30 bits per heavy atom. The van der Waals surface area contributed by atoms with Crippen molar-refractivity contribution in [1.82, 2.24) is 14.6 Å². The van der Waals surface area contributed by atoms with Crippen molar-refractivity contribution in [3.8, 4) is 0 Å². The Morgan fingerprint density at radius 3 is 2.60 bits per heavy atom. The van der Waals surface area contributed by atoms with Crippen LogP contribution in [0.2, 0.25) is 0 Å². The number of carbonyl (C=O) groups is 1. The first-order chi connectivity index (χ1) is 14.3. The second kappa shape index (κ2) is 10.3. The van der Waals surface area contributed by atoms with Crippen LogP contribution in [0.5, 0.6) is 0 Å². The second-order valence-electron chi connectivity index (χ2n) is 7.49. The van der Waals surface area contributed by atoms with Gasteiger partial charge in [0.25, 0.3) is 0 Å². The van der Waals surface area contributed by atoms with Gasteiger partial charge in [0.05, 0.1) is 16.5 Å². The Labute approximate surface area is 182 Å². The molecule has 30 heavy (non-hydrogen) atoms. The highest BCUT2D eigenvalue weighted by molar-refractivity contribution is 7.88. The second-order valence-corrected chi connectivity index (χ2v) is 10.4. The molecule has 0 unspecified atom stereocenters. The van der Waals surface area contributed by atoms with E-state index in [0.717, 1.165) is 43.2 Å². The largest absolute Gasteiger partial charge is 0.326 e. The minimum Gasteiger partial charge on any atom is -0.326 e. The molecular weight excluding hydrogens is 420 g/mol. The fourth-order valence-electron chi connectivity index (χ4n) is 3.45. The summed E-state index contributed by atoms with van der Waals surface area (Å²) < 4.78 is 26.3. The van der Waals surface area contributed by atoms with Crippen molar-refractivity contribution >= 4 is 33.0 Å². The van der Waals surface area contributed by atoms with Gasteiger partial charge >= 0.3 is 0 Å². The van der Waals surface area contributed by atoms with Crippen LogP contribution < -0.4 is 10.0 Å². The molecule has 2 aromatic rings. The fourth-order valence-corrected chi connectivity index (χ4v) is 5.16. The van der Waals surface area contributed by atoms with Crippen molar-refractivity contribution in [2.45, 2.75) is 32.1 Å². The first-order valence-electron chi connectivity index (χ1n) is 9.96. The van der Waals surface area contributed by atoms with Gasteiger partial charge in [0.15, 0.2) is 0 Å². The topological polar surface area (TPSA) is 91.4 Å². The van der Waals surface area contributed by atoms with Gasteiger partial charge in [-0.25, -0.2) is 18.1 Å². The third kappa shape index (κ3) is 6.73. The molecule has 1 saturated heterocycles. The summed E-state index contributed by atoms with van der Waals surface area (Å²) in [5.74, 6) is -0.0970. The highest BCUT2D eigenvalue weighted by atomic mass is 32.2. The number of anilines is 1. The highest BCUT2D eigenvalue weighted by Crippen LogP contribution is 2.22. The van der Waals surface area contributed by atoms with Crippen molar-refractivity contribution in [3.63, 3.8) is 0 Å². The van der Waals surface area contributed by atoms with Gasteiger partial charge in [0.2, 0.25) is 15.9 Å². The number of likely N-dealkylation sites (tertiary alicyclic amines) is 1. The molecule has 0 bridgehead atoms. The van der Waals surface area contributed by atoms with Gasteiger partial charge in [-0.05, 0) is 50.6 Å². The van der Waals surface area contributed by atoms with E-state index in [2.05, 4.69) is 31.9 Å². The number of piperidine rings is 1. The van der Waals surface area contributed by atoms with Crippen molar-refractivity contribution < 1.29 is 13.2 Å². The zero-order chi connectivity index (χ0) is 21.6. The molecule has 7 nitrogen and oxygen atoms in total. The van der Waals surface area contributed by atoms with E-state index in [1.807, 2.05) is 6.92 Å². The number of aryl methyl sites for hydroxylation is 1. The van der Waals surface area contributed by atoms with Crippen LogP contribution in [0, 0.1) is 12.8 Å². The number of carbonyl (C=O) groups excluding carboxylic acids is 1. The summed E-state index contributed by atoms with van der Waals surface area (Å²) in [4.78, 5) is 19.5. The van der Waals surface area contributed by atoms with Gasteiger partial charge in [-0.1, -0.05) is 18.2 Å². The lowest BCUT2D eigenvalue weighted by atomic mass is 9.95. The number of hydrogen-bond donors (Lipinski definition) is 2. The third-order valence-electron chi connectivity index (χ3n) is 5.04. The molecule has 0 atom stereocenters. The van der Waals surface area contributed by atoms with Crippen molar-refractivity contribution in [2.24, 2.45) is 5.92 Å². The molecule has 1 fully saturated rings. The monoisotopic (exact) mass is 448 g/mol. The van der Waals surface area contributed by atoms with Gasteiger partial charge in [0, 0.05) is 30.1 Å². The quantitative estimate of drug-likeness (QED) is 0.576. The normalized spacial score (nSPS) is 15.8. The molecule has 2 N–H and O–H groups in total. The van der Waals surface area contributed by atoms with Gasteiger partial charge < -0.3 is 5.32 Å². The molecule has 1 aliphatic rings. The van der Waals surface area contributed by atoms with Gasteiger partial charge in [0.1, 0.15) is 0 Å². The fraction of sp³-hybridized carbons (Fsp3) is 0.429. The summed E-state index contributed by atoms with van der Waals surface area (Å²) in [6, 6.07) is 6.94. The van der Waals surface area contributed by atoms with Crippen LogP contribution in [0.3, 0.4) is 0 Å². The molecule has 162 valence electrons. The van der Waals surface area contributed by atoms with Gasteiger partial charge in [-0.15, -0.1) is 17.9 Å². The first kappa shape index (κ1) is 22.6. The molecule has 0 aliphatic carbocycles. The maximum atomic E-state index is 12.6. The van der Waals surface area contributed by atoms with E-state index in [-0.39, 0.29) is 24.1 Å². The predicted molar refractivity (Wildman–Crippen MR) is 121 cm³/mol. The Morgan fingerprint density at radius 2 is 2.00 bits per heavy atom. The summed E-state index contributed by atoms with van der Waals surface area (Å²) in [5, 5.41) is 6.13. The summed E-state index contributed by atoms with van der Waals surface area (Å²) >= 11 is 1.66. The molecule has 0 spiro atoms. The number of sulfonamides is 1. The number of thiazole rings is 1. The van der Waals surface area contributed by atoms with E-state index in [0.29, 0.717) is 11.3 Å². The zero-order valence-corrected chi connectivity index (χ0v) is 18.8. The summed E-state index contributed by atoms with van der Waals surface area (Å²) in [6.07, 6.45) is 3.14. The van der Waals surface area contributed by atoms with Crippen LogP contribution in [0.15, 0.2) is 42.3 Å². The number of aromatic nitrogens is 1. The molecule has 0 radical (unpaired) electrons. The van der Waals surface area contributed by atoms with E-state index < -0.39 is 10.0 Å². The summed E-state index contributed by atoms with van der Waals surface area (Å²) in [5.41, 5.74) is 2.44. The number of rotatable bonds is 9. The molecular formula is C21H28N4O3S2. The Kier molecular flexibility index (Phi) is 7.76. The number of benzene rings is 1. The van der Waals surface area contributed by atoms with Gasteiger partial charge in [-0.2, -0.15) is 0 Å². The van der Waals surface area contributed by atoms with Crippen LogP contribution in [-0.2, 0) is 27.1 Å². The van der Waals surface area contributed by atoms with Crippen molar-refractivity contribution in [2.75, 3.05) is 25.0 Å². The van der Waals surface area contributed by atoms with Crippen LogP contribution >= 0.6 is 11.3 Å². The van der Waals surface area contributed by atoms with Crippen LogP contribution in [0.1, 0.15) is 29.1 Å². The van der Waals surface area contributed by atoms with E-state index in [1.54, 1.807) is 35.6 Å². The number of amides is 1. The lowest BCUT2D eigenvalue weighted by molar-refractivity contribution is -0.121. The lowest BCUT2D eigenvalue weighted by Gasteiger charge is -2.30. The van der Waals surface area contributed by atoms with E-state index in [4.69, 9.17) is 0 Å². The standard InChI is InChI=1S/C21H28N4O3S2/c1-3-10-22-30(27,28)15-17-4-6-19(7-5-17)24-21(26)18-8-11-25(12-9-18)13-20-14-29-16(2)23-20/h3-7,14,18,22H,1,8-13,15H2,2H3,(H,24,26). The number of nitrogens with one attached hydrogen (secondary N) is 2. The molecule has 0 saturated carbocycles. The molecule has 9 heteroatoms. The number of nitrogens with zero attached hydrogens (tertiary/aromatic N) is 2. The third-order valence-corrected chi connectivity index (χ3v) is 7.18. The van der Waals surface area contributed by atoms with E-state index in [1.165, 1.54) is 6.08 Å². The Hall–Kier alpha value is -2.07. The molecule has 3 rings (SSSR count). The van der Waals surface area contributed by atoms with Crippen molar-refractivity contribution in [1.29, 1.82) is 0 Å². The number of hydrogen-bond acceptors (Lipinski definition) is 6. The first-order valence-corrected chi connectivity index (χ1v) is 12.5. The molecule has 1 aromatic heterocycles. The van der Waals surface area contributed by atoms with E-state index >= 15 is 0 Å². The smallest absolute Gasteiger partial charge is 0.227 e. The molecule has 1 aromatic carbocycles. The Balaban J connectivity index is 1.46. The minimum atomic E-state index is -3.39. The predicted octanol–water partition coefficient (Wildman–Crippen LogP) is 2.91. The average Bonchev–Trinajstić information content (AvgIpc) is 3.13. The molecule has 1 aliphatic heterocycles. The summed E-state index contributed by atoms with van der Waals surface area (Å²) in [6.45, 7) is 8.31. The lowest BCUT2D eigenvalue weighted by Crippen LogP contribution is -2.37. The molecule has 1 amide bonds. The SMILES string of the molecule is C=CCNS(=O)(=O)Cc1ccc(NC(=O)C2CCN(Cc3csc(C)n3)CC2)cc1. The summed E-state index contributed by atoms with van der Waals surface area (Å²) in [7, 11) is -3.39. The maximum absolute atomic E-state index is 12.6. The minimum absolute atomic E-state index is 0.0124.